The van der Waals surface area contributed by atoms with Crippen LogP contribution in [0.15, 0.2) is 36.7 Å². The number of anilines is 1. The molecule has 0 aliphatic carbocycles. The zero-order valence-corrected chi connectivity index (χ0v) is 12.1. The predicted octanol–water partition coefficient (Wildman–Crippen LogP) is 2.32. The van der Waals surface area contributed by atoms with Crippen molar-refractivity contribution in [3.8, 4) is 17.6 Å². The van der Waals surface area contributed by atoms with Crippen LogP contribution in [0.5, 0.6) is 11.5 Å². The molecule has 6 nitrogen and oxygen atoms in total. The largest absolute Gasteiger partial charge is 0.497 e. The van der Waals surface area contributed by atoms with E-state index in [1.807, 2.05) is 0 Å². The summed E-state index contributed by atoms with van der Waals surface area (Å²) in [5.41, 5.74) is 1.53. The third-order valence-corrected chi connectivity index (χ3v) is 3.60. The first-order valence-corrected chi connectivity index (χ1v) is 6.60. The second-order valence-electron chi connectivity index (χ2n) is 4.71. The van der Waals surface area contributed by atoms with Gasteiger partial charge in [0.25, 0.3) is 5.91 Å². The predicted molar refractivity (Wildman–Crippen MR) is 78.9 cm³/mol. The molecule has 0 spiro atoms. The van der Waals surface area contributed by atoms with Crippen LogP contribution in [0, 0.1) is 11.3 Å². The molecule has 1 aromatic heterocycles. The molecule has 0 N–H and O–H groups in total. The summed E-state index contributed by atoms with van der Waals surface area (Å²) in [7, 11) is 3.02. The Kier molecular flexibility index (Phi) is 3.39. The van der Waals surface area contributed by atoms with E-state index < -0.39 is 6.04 Å². The summed E-state index contributed by atoms with van der Waals surface area (Å²) in [5.74, 6) is 0.695. The maximum absolute atomic E-state index is 12.7. The van der Waals surface area contributed by atoms with E-state index in [2.05, 4.69) is 11.1 Å². The van der Waals surface area contributed by atoms with Crippen LogP contribution in [0.1, 0.15) is 22.0 Å². The van der Waals surface area contributed by atoms with Crippen molar-refractivity contribution >= 4 is 11.6 Å². The van der Waals surface area contributed by atoms with Gasteiger partial charge >= 0.3 is 0 Å². The van der Waals surface area contributed by atoms with Gasteiger partial charge in [-0.1, -0.05) is 0 Å². The first-order valence-electron chi connectivity index (χ1n) is 6.60. The maximum atomic E-state index is 12.7. The molecule has 1 atom stereocenters. The Labute approximate surface area is 127 Å². The molecule has 6 heteroatoms. The lowest BCUT2D eigenvalue weighted by Crippen LogP contribution is -2.27. The molecular weight excluding hydrogens is 282 g/mol. The van der Waals surface area contributed by atoms with Gasteiger partial charge in [-0.3, -0.25) is 14.7 Å². The molecule has 1 aliphatic rings. The van der Waals surface area contributed by atoms with E-state index in [1.54, 1.807) is 36.7 Å². The summed E-state index contributed by atoms with van der Waals surface area (Å²) in [5, 5.41) is 9.56. The van der Waals surface area contributed by atoms with Gasteiger partial charge in [-0.2, -0.15) is 5.26 Å². The van der Waals surface area contributed by atoms with Crippen molar-refractivity contribution < 1.29 is 14.3 Å². The number of hydrogen-bond acceptors (Lipinski definition) is 5. The Balaban J connectivity index is 2.20. The number of ether oxygens (including phenoxy) is 2. The van der Waals surface area contributed by atoms with E-state index in [9.17, 15) is 10.1 Å². The second kappa shape index (κ2) is 5.37. The van der Waals surface area contributed by atoms with Gasteiger partial charge in [0.05, 0.1) is 37.7 Å². The number of hydrogen-bond donors (Lipinski definition) is 0. The number of carbonyl (C=O) groups is 1. The Hall–Kier alpha value is -3.07. The summed E-state index contributed by atoms with van der Waals surface area (Å²) < 4.78 is 10.5. The lowest BCUT2D eigenvalue weighted by Gasteiger charge is -2.20. The number of pyridine rings is 1. The number of nitriles is 1. The van der Waals surface area contributed by atoms with Crippen molar-refractivity contribution in [2.24, 2.45) is 0 Å². The molecule has 110 valence electrons. The van der Waals surface area contributed by atoms with E-state index in [1.165, 1.54) is 19.1 Å². The van der Waals surface area contributed by atoms with Crippen LogP contribution < -0.4 is 14.4 Å². The lowest BCUT2D eigenvalue weighted by atomic mass is 10.0. The zero-order chi connectivity index (χ0) is 15.7. The van der Waals surface area contributed by atoms with Crippen molar-refractivity contribution in [2.45, 2.75) is 6.04 Å². The third-order valence-electron chi connectivity index (χ3n) is 3.60. The summed E-state index contributed by atoms with van der Waals surface area (Å²) in [6.07, 6.45) is 3.17. The SMILES string of the molecule is COc1cc(OC)c2c(c1)C(=O)N(c1cccnc1)C2C#N. The smallest absolute Gasteiger partial charge is 0.260 e. The monoisotopic (exact) mass is 295 g/mol. The van der Waals surface area contributed by atoms with Crippen molar-refractivity contribution in [1.82, 2.24) is 4.98 Å². The van der Waals surface area contributed by atoms with Gasteiger partial charge in [-0.05, 0) is 18.2 Å². The third kappa shape index (κ3) is 1.95. The second-order valence-corrected chi connectivity index (χ2v) is 4.71. The molecular formula is C16H13N3O3. The molecule has 2 aromatic rings. The van der Waals surface area contributed by atoms with Crippen molar-refractivity contribution in [3.05, 3.63) is 47.8 Å². The maximum Gasteiger partial charge on any atom is 0.260 e. The fourth-order valence-corrected chi connectivity index (χ4v) is 2.61. The molecule has 0 saturated carbocycles. The van der Waals surface area contributed by atoms with Gasteiger partial charge in [-0.15, -0.1) is 0 Å². The van der Waals surface area contributed by atoms with Crippen LogP contribution in [-0.2, 0) is 0 Å². The topological polar surface area (TPSA) is 75.5 Å². The molecule has 1 aliphatic heterocycles. The minimum atomic E-state index is -0.757. The van der Waals surface area contributed by atoms with E-state index in [-0.39, 0.29) is 5.91 Å². The minimum absolute atomic E-state index is 0.272. The highest BCUT2D eigenvalue weighted by Crippen LogP contribution is 2.43. The molecule has 0 bridgehead atoms. The normalized spacial score (nSPS) is 16.1. The van der Waals surface area contributed by atoms with Gasteiger partial charge in [-0.25, -0.2) is 0 Å². The van der Waals surface area contributed by atoms with Gasteiger partial charge in [0.1, 0.15) is 11.5 Å². The highest BCUT2D eigenvalue weighted by molar-refractivity contribution is 6.12. The number of benzene rings is 1. The van der Waals surface area contributed by atoms with Crippen molar-refractivity contribution in [1.29, 1.82) is 5.26 Å². The number of amides is 1. The Morgan fingerprint density at radius 1 is 1.32 bits per heavy atom. The molecule has 2 heterocycles. The first kappa shape index (κ1) is 13.9. The molecule has 0 fully saturated rings. The summed E-state index contributed by atoms with van der Waals surface area (Å²) >= 11 is 0. The molecule has 1 aromatic carbocycles. The van der Waals surface area contributed by atoms with E-state index in [0.29, 0.717) is 28.3 Å². The fraction of sp³-hybridized carbons (Fsp3) is 0.188. The van der Waals surface area contributed by atoms with Gasteiger partial charge in [0, 0.05) is 17.8 Å². The van der Waals surface area contributed by atoms with E-state index in [4.69, 9.17) is 9.47 Å². The van der Waals surface area contributed by atoms with Crippen molar-refractivity contribution in [3.63, 3.8) is 0 Å². The number of nitrogens with zero attached hydrogens (tertiary/aromatic N) is 3. The summed E-state index contributed by atoms with van der Waals surface area (Å²) in [6, 6.07) is 8.17. The highest BCUT2D eigenvalue weighted by Gasteiger charge is 2.41. The Morgan fingerprint density at radius 3 is 2.73 bits per heavy atom. The Morgan fingerprint density at radius 2 is 2.14 bits per heavy atom. The molecule has 0 radical (unpaired) electrons. The molecule has 1 amide bonds. The van der Waals surface area contributed by atoms with Gasteiger partial charge in [0.2, 0.25) is 0 Å². The van der Waals surface area contributed by atoms with E-state index >= 15 is 0 Å². The number of carbonyl (C=O) groups excluding carboxylic acids is 1. The number of rotatable bonds is 3. The Bertz CT molecular complexity index is 768. The van der Waals surface area contributed by atoms with Crippen molar-refractivity contribution in [2.75, 3.05) is 19.1 Å². The van der Waals surface area contributed by atoms with Crippen LogP contribution in [-0.4, -0.2) is 25.1 Å². The van der Waals surface area contributed by atoms with E-state index in [0.717, 1.165) is 0 Å². The molecule has 0 saturated heterocycles. The molecule has 1 unspecified atom stereocenters. The number of aromatic nitrogens is 1. The quantitative estimate of drug-likeness (QED) is 0.868. The fourth-order valence-electron chi connectivity index (χ4n) is 2.61. The minimum Gasteiger partial charge on any atom is -0.497 e. The van der Waals surface area contributed by atoms with Crippen LogP contribution >= 0.6 is 0 Å². The highest BCUT2D eigenvalue weighted by atomic mass is 16.5. The summed E-state index contributed by atoms with van der Waals surface area (Å²) in [6.45, 7) is 0. The standard InChI is InChI=1S/C16H13N3O3/c1-21-11-6-12-15(14(7-11)22-2)13(8-17)19(16(12)20)10-4-3-5-18-9-10/h3-7,9,13H,1-2H3. The average Bonchev–Trinajstić information content (AvgIpc) is 2.87. The molecule has 22 heavy (non-hydrogen) atoms. The van der Waals surface area contributed by atoms with Crippen LogP contribution in [0.3, 0.4) is 0 Å². The number of methoxy groups -OCH3 is 2. The van der Waals surface area contributed by atoms with Gasteiger partial charge in [0.15, 0.2) is 6.04 Å². The average molecular weight is 295 g/mol. The molecule has 3 rings (SSSR count). The summed E-state index contributed by atoms with van der Waals surface area (Å²) in [4.78, 5) is 18.2. The van der Waals surface area contributed by atoms with Crippen LogP contribution in [0.25, 0.3) is 0 Å². The van der Waals surface area contributed by atoms with Gasteiger partial charge < -0.3 is 9.47 Å². The zero-order valence-electron chi connectivity index (χ0n) is 12.1. The van der Waals surface area contributed by atoms with Crippen LogP contribution in [0.2, 0.25) is 0 Å². The number of fused-ring (bicyclic) bond motifs is 1. The van der Waals surface area contributed by atoms with Crippen LogP contribution in [0.4, 0.5) is 5.69 Å². The first-order chi connectivity index (χ1) is 10.7. The lowest BCUT2D eigenvalue weighted by molar-refractivity contribution is 0.0994.